The third-order valence-corrected chi connectivity index (χ3v) is 2.75. The lowest BCUT2D eigenvalue weighted by Crippen LogP contribution is -2.73. The number of nitrogens with one attached hydrogen (secondary N) is 1. The highest BCUT2D eigenvalue weighted by Crippen LogP contribution is 2.18. The summed E-state index contributed by atoms with van der Waals surface area (Å²) in [7, 11) is 0. The van der Waals surface area contributed by atoms with Crippen molar-refractivity contribution in [2.75, 3.05) is 0 Å². The average molecular weight is 269 g/mol. The fraction of sp³-hybridized carbons (Fsp3) is 0.0667. The molecular formula is C15H17N4O+. The maximum absolute atomic E-state index is 10.5. The summed E-state index contributed by atoms with van der Waals surface area (Å²) >= 11 is 0. The first-order valence-corrected chi connectivity index (χ1v) is 6.18. The Hall–Kier alpha value is -2.66. The molecule has 0 spiro atoms. The van der Waals surface area contributed by atoms with Crippen LogP contribution >= 0.6 is 0 Å². The zero-order valence-electron chi connectivity index (χ0n) is 10.9. The van der Waals surface area contributed by atoms with Gasteiger partial charge in [-0.05, 0) is 5.56 Å². The highest BCUT2D eigenvalue weighted by molar-refractivity contribution is 6.03. The summed E-state index contributed by atoms with van der Waals surface area (Å²) in [5, 5.41) is 17.1. The van der Waals surface area contributed by atoms with E-state index in [2.05, 4.69) is 10.2 Å². The molecule has 2 rings (SSSR count). The maximum Gasteiger partial charge on any atom is 0.362 e. The van der Waals surface area contributed by atoms with Crippen LogP contribution in [0.4, 0.5) is 0 Å². The van der Waals surface area contributed by atoms with Crippen LogP contribution < -0.4 is 16.6 Å². The number of hydrogen-bond acceptors (Lipinski definition) is 2. The zero-order valence-corrected chi connectivity index (χ0v) is 10.9. The lowest BCUT2D eigenvalue weighted by molar-refractivity contribution is -0.464. The number of aliphatic hydroxyl groups excluding tert-OH is 1. The summed E-state index contributed by atoms with van der Waals surface area (Å²) in [5.74, 6) is -0.0290. The molecule has 6 N–H and O–H groups in total. The molecule has 0 aliphatic heterocycles. The Kier molecular flexibility index (Phi) is 4.47. The van der Waals surface area contributed by atoms with Crippen LogP contribution in [-0.4, -0.2) is 16.8 Å². The van der Waals surface area contributed by atoms with Gasteiger partial charge in [0.05, 0.1) is 0 Å². The lowest BCUT2D eigenvalue weighted by atomic mass is 9.99. The number of nitrogens with two attached hydrogens (primary N) is 2. The fourth-order valence-electron chi connectivity index (χ4n) is 1.81. The molecule has 0 aliphatic rings. The van der Waals surface area contributed by atoms with Gasteiger partial charge in [-0.1, -0.05) is 60.7 Å². The van der Waals surface area contributed by atoms with Gasteiger partial charge in [0.15, 0.2) is 0 Å². The first kappa shape index (κ1) is 13.8. The van der Waals surface area contributed by atoms with Crippen LogP contribution in [0, 0.1) is 0 Å². The summed E-state index contributed by atoms with van der Waals surface area (Å²) in [6, 6.07) is 18.6. The molecule has 2 aromatic carbocycles. The van der Waals surface area contributed by atoms with Crippen LogP contribution in [0.3, 0.4) is 0 Å². The van der Waals surface area contributed by atoms with E-state index in [-0.39, 0.29) is 5.96 Å². The normalized spacial score (nSPS) is 12.8. The molecule has 0 aliphatic carbocycles. The summed E-state index contributed by atoms with van der Waals surface area (Å²) in [4.78, 5) is 0. The van der Waals surface area contributed by atoms with E-state index in [1.807, 2.05) is 60.7 Å². The van der Waals surface area contributed by atoms with E-state index in [0.717, 1.165) is 11.1 Å². The van der Waals surface area contributed by atoms with Crippen LogP contribution in [0.2, 0.25) is 0 Å². The van der Waals surface area contributed by atoms with Crippen LogP contribution in [0.25, 0.3) is 0 Å². The summed E-state index contributed by atoms with van der Waals surface area (Å²) in [5.41, 5.74) is 12.7. The lowest BCUT2D eigenvalue weighted by Gasteiger charge is -2.13. The van der Waals surface area contributed by atoms with Gasteiger partial charge in [-0.3, -0.25) is 11.5 Å². The van der Waals surface area contributed by atoms with Crippen molar-refractivity contribution in [1.82, 2.24) is 0 Å². The maximum atomic E-state index is 10.5. The van der Waals surface area contributed by atoms with Crippen LogP contribution in [-0.2, 0) is 0 Å². The van der Waals surface area contributed by atoms with Crippen molar-refractivity contribution in [2.24, 2.45) is 16.6 Å². The largest absolute Gasteiger partial charge is 0.382 e. The highest BCUT2D eigenvalue weighted by atomic mass is 16.3. The van der Waals surface area contributed by atoms with Crippen molar-refractivity contribution < 1.29 is 10.2 Å². The second-order valence-corrected chi connectivity index (χ2v) is 4.24. The van der Waals surface area contributed by atoms with E-state index in [0.29, 0.717) is 5.71 Å². The number of hydrogen-bond donors (Lipinski definition) is 4. The Morgan fingerprint density at radius 3 is 2.05 bits per heavy atom. The van der Waals surface area contributed by atoms with Crippen molar-refractivity contribution in [2.45, 2.75) is 6.10 Å². The molecule has 0 bridgehead atoms. The van der Waals surface area contributed by atoms with Crippen molar-refractivity contribution >= 4 is 11.7 Å². The van der Waals surface area contributed by atoms with E-state index in [9.17, 15) is 5.11 Å². The molecule has 0 radical (unpaired) electrons. The van der Waals surface area contributed by atoms with E-state index in [4.69, 9.17) is 11.5 Å². The zero-order chi connectivity index (χ0) is 14.4. The first-order chi connectivity index (χ1) is 9.68. The van der Waals surface area contributed by atoms with Gasteiger partial charge in [0.25, 0.3) is 0 Å². The second-order valence-electron chi connectivity index (χ2n) is 4.24. The summed E-state index contributed by atoms with van der Waals surface area (Å²) < 4.78 is 0. The van der Waals surface area contributed by atoms with Crippen LogP contribution in [0.15, 0.2) is 65.8 Å². The topological polar surface area (TPSA) is 98.6 Å². The molecule has 0 unspecified atom stereocenters. The van der Waals surface area contributed by atoms with Gasteiger partial charge >= 0.3 is 5.96 Å². The SMILES string of the molecule is NC(N)=[NH+]/N=C(\c1ccccc1)[C@H](O)c1ccccc1. The standard InChI is InChI=1S/C15H16N4O/c16-15(17)19-18-13(11-7-3-1-4-8-11)14(20)12-9-5-2-6-10-12/h1-10,14,20H,(H4,16,17,19)/p+1/b18-13+/t14-/m1/s1. The highest BCUT2D eigenvalue weighted by Gasteiger charge is 2.17. The Morgan fingerprint density at radius 1 is 0.950 bits per heavy atom. The van der Waals surface area contributed by atoms with E-state index in [1.54, 1.807) is 0 Å². The third kappa shape index (κ3) is 3.43. The minimum absolute atomic E-state index is 0.0290. The van der Waals surface area contributed by atoms with Gasteiger partial charge in [0.2, 0.25) is 0 Å². The van der Waals surface area contributed by atoms with Gasteiger partial charge < -0.3 is 5.11 Å². The van der Waals surface area contributed by atoms with Gasteiger partial charge in [-0.25, -0.2) is 0 Å². The fourth-order valence-corrected chi connectivity index (χ4v) is 1.81. The average Bonchev–Trinajstić information content (AvgIpc) is 2.49. The van der Waals surface area contributed by atoms with Crippen molar-refractivity contribution in [3.8, 4) is 0 Å². The monoisotopic (exact) mass is 269 g/mol. The molecule has 102 valence electrons. The van der Waals surface area contributed by atoms with Gasteiger partial charge in [0, 0.05) is 5.56 Å². The number of hydrazone groups is 1. The Bertz CT molecular complexity index is 604. The quantitative estimate of drug-likeness (QED) is 0.341. The molecule has 0 saturated heterocycles. The predicted molar refractivity (Wildman–Crippen MR) is 78.7 cm³/mol. The minimum atomic E-state index is -0.870. The van der Waals surface area contributed by atoms with Crippen LogP contribution in [0.5, 0.6) is 0 Å². The van der Waals surface area contributed by atoms with Crippen LogP contribution in [0.1, 0.15) is 17.2 Å². The van der Waals surface area contributed by atoms with E-state index >= 15 is 0 Å². The summed E-state index contributed by atoms with van der Waals surface area (Å²) in [6.07, 6.45) is -0.870. The van der Waals surface area contributed by atoms with Crippen molar-refractivity contribution in [3.63, 3.8) is 0 Å². The Labute approximate surface area is 117 Å². The van der Waals surface area contributed by atoms with Gasteiger partial charge in [-0.15, -0.1) is 5.10 Å². The molecule has 0 heterocycles. The Morgan fingerprint density at radius 2 is 1.50 bits per heavy atom. The number of aliphatic hydroxyl groups is 1. The number of nitrogens with zero attached hydrogens (tertiary/aromatic N) is 1. The molecule has 0 saturated carbocycles. The number of rotatable bonds is 4. The molecule has 2 aromatic rings. The second kappa shape index (κ2) is 6.49. The molecule has 0 fully saturated rings. The molecule has 5 heteroatoms. The number of guanidine groups is 1. The summed E-state index contributed by atoms with van der Waals surface area (Å²) in [6.45, 7) is 0. The molecular weight excluding hydrogens is 252 g/mol. The molecule has 20 heavy (non-hydrogen) atoms. The molecule has 1 atom stereocenters. The Balaban J connectivity index is 2.42. The first-order valence-electron chi connectivity index (χ1n) is 6.18. The third-order valence-electron chi connectivity index (χ3n) is 2.75. The minimum Gasteiger partial charge on any atom is -0.382 e. The van der Waals surface area contributed by atoms with E-state index < -0.39 is 6.10 Å². The predicted octanol–water partition coefficient (Wildman–Crippen LogP) is -0.522. The molecule has 5 nitrogen and oxygen atoms in total. The molecule has 0 aromatic heterocycles. The van der Waals surface area contributed by atoms with Gasteiger partial charge in [0.1, 0.15) is 11.8 Å². The van der Waals surface area contributed by atoms with Crippen molar-refractivity contribution in [3.05, 3.63) is 71.8 Å². The smallest absolute Gasteiger partial charge is 0.362 e. The van der Waals surface area contributed by atoms with Crippen molar-refractivity contribution in [1.29, 1.82) is 0 Å². The molecule has 0 amide bonds. The van der Waals surface area contributed by atoms with Gasteiger partial charge in [-0.2, -0.15) is 5.10 Å². The number of benzene rings is 2. The van der Waals surface area contributed by atoms with E-state index in [1.165, 1.54) is 0 Å².